The first-order valence-electron chi connectivity index (χ1n) is 30.3. The van der Waals surface area contributed by atoms with E-state index in [0.717, 1.165) is 96.3 Å². The van der Waals surface area contributed by atoms with E-state index in [1.54, 1.807) is 6.08 Å². The highest BCUT2D eigenvalue weighted by molar-refractivity contribution is 7.45. The fraction of sp³-hybridized carbons (Fsp3) is 0.603. The van der Waals surface area contributed by atoms with E-state index < -0.39 is 26.6 Å². The van der Waals surface area contributed by atoms with Crippen molar-refractivity contribution in [2.24, 2.45) is 0 Å². The Kier molecular flexibility index (Phi) is 54.0. The van der Waals surface area contributed by atoms with E-state index in [1.165, 1.54) is 83.5 Å². The maximum atomic E-state index is 13.0. The summed E-state index contributed by atoms with van der Waals surface area (Å²) in [6, 6.07) is -0.947. The second-order valence-electron chi connectivity index (χ2n) is 20.9. The van der Waals surface area contributed by atoms with E-state index in [2.05, 4.69) is 165 Å². The number of phosphoric acid groups is 1. The number of phosphoric ester groups is 1. The van der Waals surface area contributed by atoms with Crippen LogP contribution in [-0.4, -0.2) is 68.5 Å². The van der Waals surface area contributed by atoms with Crippen LogP contribution in [0.4, 0.5) is 0 Å². The number of unbranched alkanes of at least 4 members (excludes halogenated alkanes) is 16. The summed E-state index contributed by atoms with van der Waals surface area (Å²) in [7, 11) is 1.18. The zero-order chi connectivity index (χ0) is 56.3. The first kappa shape index (κ1) is 73.1. The fourth-order valence-corrected chi connectivity index (χ4v) is 8.46. The Labute approximate surface area is 473 Å². The molecule has 0 saturated heterocycles. The smallest absolute Gasteiger partial charge is 0.268 e. The number of quaternary nitrogens is 1. The van der Waals surface area contributed by atoms with E-state index in [0.29, 0.717) is 23.9 Å². The van der Waals surface area contributed by atoms with E-state index >= 15 is 0 Å². The number of carbonyl (C=O) groups excluding carboxylic acids is 1. The summed E-state index contributed by atoms with van der Waals surface area (Å²) in [6.07, 6.45) is 89.1. The molecule has 0 aromatic rings. The van der Waals surface area contributed by atoms with Crippen molar-refractivity contribution < 1.29 is 32.9 Å². The molecule has 0 saturated carbocycles. The molecule has 2 N–H and O–H groups in total. The number of aliphatic hydroxyl groups excluding tert-OH is 1. The molecule has 0 aromatic carbocycles. The Morgan fingerprint density at radius 3 is 1.21 bits per heavy atom. The van der Waals surface area contributed by atoms with Gasteiger partial charge in [0.2, 0.25) is 5.91 Å². The van der Waals surface area contributed by atoms with Crippen LogP contribution in [0.25, 0.3) is 0 Å². The van der Waals surface area contributed by atoms with E-state index in [9.17, 15) is 19.4 Å². The highest BCUT2D eigenvalue weighted by atomic mass is 31.2. The molecule has 77 heavy (non-hydrogen) atoms. The minimum atomic E-state index is -4.64. The van der Waals surface area contributed by atoms with Gasteiger partial charge in [-0.25, -0.2) is 0 Å². The molecular weight excluding hydrogens is 972 g/mol. The molecule has 9 heteroatoms. The molecular formula is C68H113N2O6P. The Morgan fingerprint density at radius 1 is 0.468 bits per heavy atom. The normalized spacial score (nSPS) is 14.9. The number of aliphatic hydroxyl groups is 1. The average Bonchev–Trinajstić information content (AvgIpc) is 3.39. The van der Waals surface area contributed by atoms with Crippen LogP contribution in [0.3, 0.4) is 0 Å². The summed E-state index contributed by atoms with van der Waals surface area (Å²) >= 11 is 0. The lowest BCUT2D eigenvalue weighted by atomic mass is 10.0. The molecule has 0 aromatic heterocycles. The Hall–Kier alpha value is -3.88. The quantitative estimate of drug-likeness (QED) is 0.0272. The number of rotatable bonds is 53. The van der Waals surface area contributed by atoms with Gasteiger partial charge in [-0.15, -0.1) is 0 Å². The molecule has 436 valence electrons. The Bertz CT molecular complexity index is 1810. The van der Waals surface area contributed by atoms with Crippen molar-refractivity contribution in [1.29, 1.82) is 0 Å². The first-order valence-corrected chi connectivity index (χ1v) is 31.8. The molecule has 0 spiro atoms. The predicted octanol–water partition coefficient (Wildman–Crippen LogP) is 18.4. The molecule has 3 atom stereocenters. The number of amides is 1. The molecule has 0 bridgehead atoms. The van der Waals surface area contributed by atoms with Crippen LogP contribution in [0.15, 0.2) is 158 Å². The number of carbonyl (C=O) groups is 1. The summed E-state index contributed by atoms with van der Waals surface area (Å²) in [6.45, 7) is 4.46. The SMILES string of the molecule is CC/C=C\C/C=C\C/C=C\C/C=C\C/C=C\C/C=C\C/C=C\C/C=C\C/C=C\C/C=C\CCCCC(=O)NC(COP(=O)([O-])OCC[N+](C)(C)C)C(O)/C=C/CC/C=C/CC/C=C/CCCCCCCCCCCCCC. The number of likely N-dealkylation sites (N-methyl/N-ethyl adjacent to an activating group) is 1. The van der Waals surface area contributed by atoms with Gasteiger partial charge in [-0.2, -0.15) is 0 Å². The lowest BCUT2D eigenvalue weighted by Gasteiger charge is -2.29. The number of nitrogens with zero attached hydrogens (tertiary/aromatic N) is 1. The first-order chi connectivity index (χ1) is 37.5. The van der Waals surface area contributed by atoms with Gasteiger partial charge in [0.05, 0.1) is 39.9 Å². The van der Waals surface area contributed by atoms with Crippen molar-refractivity contribution in [3.8, 4) is 0 Å². The Balaban J connectivity index is 4.40. The third-order valence-electron chi connectivity index (χ3n) is 12.4. The van der Waals surface area contributed by atoms with Crippen LogP contribution in [0.5, 0.6) is 0 Å². The average molecular weight is 1090 g/mol. The monoisotopic (exact) mass is 1080 g/mol. The highest BCUT2D eigenvalue weighted by Gasteiger charge is 2.23. The maximum absolute atomic E-state index is 13.0. The van der Waals surface area contributed by atoms with Crippen LogP contribution in [0.2, 0.25) is 0 Å². The third kappa shape index (κ3) is 59.6. The van der Waals surface area contributed by atoms with Crippen LogP contribution >= 0.6 is 7.82 Å². The van der Waals surface area contributed by atoms with E-state index in [-0.39, 0.29) is 18.9 Å². The largest absolute Gasteiger partial charge is 0.756 e. The van der Waals surface area contributed by atoms with Crippen LogP contribution in [0.1, 0.15) is 213 Å². The summed E-state index contributed by atoms with van der Waals surface area (Å²) in [5.74, 6) is -0.260. The summed E-state index contributed by atoms with van der Waals surface area (Å²) < 4.78 is 23.3. The van der Waals surface area contributed by atoms with Gasteiger partial charge in [0, 0.05) is 6.42 Å². The maximum Gasteiger partial charge on any atom is 0.268 e. The third-order valence-corrected chi connectivity index (χ3v) is 13.4. The van der Waals surface area contributed by atoms with Crippen molar-refractivity contribution in [2.75, 3.05) is 40.9 Å². The fourth-order valence-electron chi connectivity index (χ4n) is 7.74. The predicted molar refractivity (Wildman–Crippen MR) is 334 cm³/mol. The van der Waals surface area contributed by atoms with Gasteiger partial charge in [0.25, 0.3) is 7.82 Å². The highest BCUT2D eigenvalue weighted by Crippen LogP contribution is 2.38. The summed E-state index contributed by atoms with van der Waals surface area (Å²) in [5.41, 5.74) is 0. The lowest BCUT2D eigenvalue weighted by Crippen LogP contribution is -2.45. The van der Waals surface area contributed by atoms with Crippen LogP contribution in [0, 0.1) is 0 Å². The zero-order valence-electron chi connectivity index (χ0n) is 49.6. The second-order valence-corrected chi connectivity index (χ2v) is 22.4. The van der Waals surface area contributed by atoms with Gasteiger partial charge in [-0.1, -0.05) is 242 Å². The molecule has 1 amide bonds. The van der Waals surface area contributed by atoms with Crippen molar-refractivity contribution in [3.63, 3.8) is 0 Å². The summed E-state index contributed by atoms with van der Waals surface area (Å²) in [5, 5.41) is 13.8. The zero-order valence-corrected chi connectivity index (χ0v) is 50.5. The van der Waals surface area contributed by atoms with Crippen molar-refractivity contribution in [2.45, 2.75) is 225 Å². The molecule has 0 rings (SSSR count). The number of nitrogens with one attached hydrogen (secondary N) is 1. The Morgan fingerprint density at radius 2 is 0.805 bits per heavy atom. The minimum Gasteiger partial charge on any atom is -0.756 e. The number of allylic oxidation sites excluding steroid dienone is 25. The van der Waals surface area contributed by atoms with Crippen LogP contribution < -0.4 is 10.2 Å². The number of hydrogen-bond acceptors (Lipinski definition) is 6. The second kappa shape index (κ2) is 56.8. The van der Waals surface area contributed by atoms with Gasteiger partial charge >= 0.3 is 0 Å². The molecule has 0 radical (unpaired) electrons. The van der Waals surface area contributed by atoms with Gasteiger partial charge in [-0.3, -0.25) is 9.36 Å². The molecule has 0 heterocycles. The van der Waals surface area contributed by atoms with E-state index in [1.807, 2.05) is 27.2 Å². The molecule has 0 aliphatic carbocycles. The van der Waals surface area contributed by atoms with Crippen molar-refractivity contribution in [3.05, 3.63) is 158 Å². The van der Waals surface area contributed by atoms with E-state index in [4.69, 9.17) is 9.05 Å². The van der Waals surface area contributed by atoms with Gasteiger partial charge in [0.15, 0.2) is 0 Å². The minimum absolute atomic E-state index is 0.0269. The van der Waals surface area contributed by atoms with Gasteiger partial charge in [0.1, 0.15) is 13.2 Å². The molecule has 0 aliphatic heterocycles. The lowest BCUT2D eigenvalue weighted by molar-refractivity contribution is -0.870. The molecule has 0 fully saturated rings. The van der Waals surface area contributed by atoms with Crippen molar-refractivity contribution in [1.82, 2.24) is 5.32 Å². The summed E-state index contributed by atoms with van der Waals surface area (Å²) in [4.78, 5) is 25.5. The van der Waals surface area contributed by atoms with Crippen molar-refractivity contribution >= 4 is 13.7 Å². The van der Waals surface area contributed by atoms with Gasteiger partial charge < -0.3 is 28.8 Å². The standard InChI is InChI=1S/C68H113N2O6P/c1-6-8-10-12-14-16-18-20-22-24-26-28-30-31-32-33-34-35-36-37-38-39-40-42-44-46-48-50-52-54-56-58-60-62-68(72)69-66(65-76-77(73,74)75-64-63-70(3,4)5)67(71)61-59-57-55-53-51-49-47-45-43-41-29-27-25-23-21-19-17-15-13-11-9-7-2/h8,10,14,16,20,22,26,28,31-32,34-35,37-38,40,42-43,45-46,48,51-54,59,61,66-67,71H,6-7,9,11-13,15,17-19,21,23-25,27,29-30,33,36,39,41,44,47,49-50,55-58,60,62-65H2,1-5H3,(H-,69,72,73,74)/b10-8-,16-14-,22-20-,28-26-,32-31-,35-34-,38-37-,42-40-,45-43+,48-46-,53-51+,54-52-,61-59+. The number of hydrogen-bond donors (Lipinski definition) is 2. The molecule has 0 aliphatic rings. The molecule has 8 nitrogen and oxygen atoms in total. The molecule has 3 unspecified atom stereocenters. The van der Waals surface area contributed by atoms with Gasteiger partial charge in [-0.05, 0) is 122 Å². The van der Waals surface area contributed by atoms with Crippen LogP contribution in [-0.2, 0) is 18.4 Å². The topological polar surface area (TPSA) is 108 Å².